The Morgan fingerprint density at radius 3 is 2.85 bits per heavy atom. The summed E-state index contributed by atoms with van der Waals surface area (Å²) in [4.78, 5) is 15.7. The molecule has 0 aliphatic carbocycles. The van der Waals surface area contributed by atoms with Gasteiger partial charge in [0.1, 0.15) is 11.6 Å². The van der Waals surface area contributed by atoms with Gasteiger partial charge in [-0.05, 0) is 39.0 Å². The predicted molar refractivity (Wildman–Crippen MR) is 78.3 cm³/mol. The Morgan fingerprint density at radius 2 is 2.25 bits per heavy atom. The number of benzene rings is 1. The van der Waals surface area contributed by atoms with Crippen LogP contribution in [0.4, 0.5) is 0 Å². The molecule has 0 saturated heterocycles. The minimum atomic E-state index is 0.0491. The standard InChI is InChI=1S/C14H17N3O2S/c1-4-19-13-6-5-11(9(2)18)7-12(13)8-20-14-15-10(3)16-17-14/h5-7H,4,8H2,1-3H3,(H,15,16,17). The van der Waals surface area contributed by atoms with E-state index in [9.17, 15) is 4.79 Å². The number of aromatic amines is 1. The van der Waals surface area contributed by atoms with Gasteiger partial charge in [-0.2, -0.15) is 0 Å². The number of carbonyl (C=O) groups is 1. The number of nitrogens with zero attached hydrogens (tertiary/aromatic N) is 2. The van der Waals surface area contributed by atoms with Gasteiger partial charge in [-0.15, -0.1) is 5.10 Å². The molecule has 0 saturated carbocycles. The minimum absolute atomic E-state index is 0.0491. The normalized spacial score (nSPS) is 10.6. The van der Waals surface area contributed by atoms with E-state index in [0.717, 1.165) is 17.1 Å². The third-order valence-corrected chi connectivity index (χ3v) is 3.60. The zero-order valence-corrected chi connectivity index (χ0v) is 12.6. The van der Waals surface area contributed by atoms with Crippen LogP contribution in [-0.4, -0.2) is 27.6 Å². The second-order valence-corrected chi connectivity index (χ2v) is 5.25. The van der Waals surface area contributed by atoms with E-state index in [1.54, 1.807) is 13.0 Å². The summed E-state index contributed by atoms with van der Waals surface area (Å²) in [5.74, 6) is 2.30. The number of ketones is 1. The molecule has 0 radical (unpaired) electrons. The maximum absolute atomic E-state index is 11.5. The molecule has 6 heteroatoms. The number of nitrogens with one attached hydrogen (secondary N) is 1. The Balaban J connectivity index is 2.18. The van der Waals surface area contributed by atoms with Crippen molar-refractivity contribution in [2.75, 3.05) is 6.61 Å². The van der Waals surface area contributed by atoms with Crippen LogP contribution in [0.15, 0.2) is 23.4 Å². The maximum Gasteiger partial charge on any atom is 0.208 e. The first-order chi connectivity index (χ1) is 9.60. The van der Waals surface area contributed by atoms with E-state index in [1.807, 2.05) is 26.0 Å². The SMILES string of the molecule is CCOc1ccc(C(C)=O)cc1CSc1n[nH]c(C)n1. The van der Waals surface area contributed by atoms with Crippen molar-refractivity contribution in [1.82, 2.24) is 15.2 Å². The number of carbonyl (C=O) groups excluding carboxylic acids is 1. The average molecular weight is 291 g/mol. The summed E-state index contributed by atoms with van der Waals surface area (Å²) in [7, 11) is 0. The topological polar surface area (TPSA) is 67.9 Å². The molecule has 0 bridgehead atoms. The second-order valence-electron chi connectivity index (χ2n) is 4.30. The fourth-order valence-corrected chi connectivity index (χ4v) is 2.56. The Labute approximate surface area is 122 Å². The lowest BCUT2D eigenvalue weighted by Crippen LogP contribution is -1.99. The van der Waals surface area contributed by atoms with Crippen molar-refractivity contribution >= 4 is 17.5 Å². The van der Waals surface area contributed by atoms with Gasteiger partial charge in [0.15, 0.2) is 5.78 Å². The molecule has 1 heterocycles. The molecule has 0 fully saturated rings. The lowest BCUT2D eigenvalue weighted by Gasteiger charge is -2.10. The first kappa shape index (κ1) is 14.6. The molecule has 1 aromatic heterocycles. The van der Waals surface area contributed by atoms with E-state index in [-0.39, 0.29) is 5.78 Å². The number of hydrogen-bond acceptors (Lipinski definition) is 5. The van der Waals surface area contributed by atoms with Crippen molar-refractivity contribution < 1.29 is 9.53 Å². The summed E-state index contributed by atoms with van der Waals surface area (Å²) in [6.07, 6.45) is 0. The van der Waals surface area contributed by atoms with Crippen molar-refractivity contribution in [3.8, 4) is 5.75 Å². The quantitative estimate of drug-likeness (QED) is 0.654. The van der Waals surface area contributed by atoms with E-state index in [1.165, 1.54) is 11.8 Å². The van der Waals surface area contributed by atoms with E-state index < -0.39 is 0 Å². The molecule has 20 heavy (non-hydrogen) atoms. The smallest absolute Gasteiger partial charge is 0.208 e. The van der Waals surface area contributed by atoms with Crippen molar-refractivity contribution in [1.29, 1.82) is 0 Å². The highest BCUT2D eigenvalue weighted by Gasteiger charge is 2.10. The van der Waals surface area contributed by atoms with Gasteiger partial charge >= 0.3 is 0 Å². The molecular formula is C14H17N3O2S. The van der Waals surface area contributed by atoms with Crippen LogP contribution in [0.25, 0.3) is 0 Å². The monoisotopic (exact) mass is 291 g/mol. The van der Waals surface area contributed by atoms with Crippen LogP contribution < -0.4 is 4.74 Å². The highest BCUT2D eigenvalue weighted by Crippen LogP contribution is 2.27. The Morgan fingerprint density at radius 1 is 1.45 bits per heavy atom. The Hall–Kier alpha value is -1.82. The van der Waals surface area contributed by atoms with Crippen molar-refractivity contribution in [2.24, 2.45) is 0 Å². The molecule has 0 amide bonds. The van der Waals surface area contributed by atoms with Crippen molar-refractivity contribution in [3.63, 3.8) is 0 Å². The summed E-state index contributed by atoms with van der Waals surface area (Å²) in [6.45, 7) is 5.95. The minimum Gasteiger partial charge on any atom is -0.494 e. The number of aromatic nitrogens is 3. The molecule has 1 N–H and O–H groups in total. The number of rotatable bonds is 6. The van der Waals surface area contributed by atoms with Crippen LogP contribution in [-0.2, 0) is 5.75 Å². The molecule has 1 aromatic carbocycles. The average Bonchev–Trinajstić information content (AvgIpc) is 2.83. The summed E-state index contributed by atoms with van der Waals surface area (Å²) < 4.78 is 5.59. The summed E-state index contributed by atoms with van der Waals surface area (Å²) in [5, 5.41) is 7.58. The third-order valence-electron chi connectivity index (χ3n) is 2.70. The van der Waals surface area contributed by atoms with E-state index >= 15 is 0 Å². The van der Waals surface area contributed by atoms with Gasteiger partial charge < -0.3 is 4.74 Å². The molecule has 2 aromatic rings. The highest BCUT2D eigenvalue weighted by atomic mass is 32.2. The Bertz CT molecular complexity index is 610. The fourth-order valence-electron chi connectivity index (χ4n) is 1.74. The zero-order chi connectivity index (χ0) is 14.5. The molecule has 0 spiro atoms. The molecule has 0 aliphatic heterocycles. The van der Waals surface area contributed by atoms with Gasteiger partial charge in [0.05, 0.1) is 6.61 Å². The summed E-state index contributed by atoms with van der Waals surface area (Å²) in [5.41, 5.74) is 1.67. The molecule has 0 unspecified atom stereocenters. The zero-order valence-electron chi connectivity index (χ0n) is 11.8. The lowest BCUT2D eigenvalue weighted by atomic mass is 10.1. The van der Waals surface area contributed by atoms with E-state index in [4.69, 9.17) is 4.74 Å². The molecular weight excluding hydrogens is 274 g/mol. The van der Waals surface area contributed by atoms with Crippen molar-refractivity contribution in [3.05, 3.63) is 35.2 Å². The van der Waals surface area contributed by atoms with Crippen LogP contribution in [0.2, 0.25) is 0 Å². The van der Waals surface area contributed by atoms with Gasteiger partial charge in [-0.3, -0.25) is 9.89 Å². The van der Waals surface area contributed by atoms with Crippen LogP contribution in [0, 0.1) is 6.92 Å². The van der Waals surface area contributed by atoms with E-state index in [2.05, 4.69) is 15.2 Å². The number of aryl methyl sites for hydroxylation is 1. The van der Waals surface area contributed by atoms with Gasteiger partial charge in [0.2, 0.25) is 5.16 Å². The summed E-state index contributed by atoms with van der Waals surface area (Å²) in [6, 6.07) is 5.51. The van der Waals surface area contributed by atoms with Crippen LogP contribution in [0.1, 0.15) is 35.6 Å². The molecule has 2 rings (SSSR count). The number of hydrogen-bond donors (Lipinski definition) is 1. The molecule has 0 aliphatic rings. The molecule has 0 atom stereocenters. The van der Waals surface area contributed by atoms with Crippen LogP contribution in [0.5, 0.6) is 5.75 Å². The van der Waals surface area contributed by atoms with Gasteiger partial charge in [0, 0.05) is 16.9 Å². The molecule has 5 nitrogen and oxygen atoms in total. The van der Waals surface area contributed by atoms with Gasteiger partial charge in [-0.1, -0.05) is 11.8 Å². The summed E-state index contributed by atoms with van der Waals surface area (Å²) >= 11 is 1.51. The van der Waals surface area contributed by atoms with Crippen molar-refractivity contribution in [2.45, 2.75) is 31.7 Å². The number of Topliss-reactive ketones (excluding diaryl/α,β-unsaturated/α-hetero) is 1. The number of H-pyrrole nitrogens is 1. The maximum atomic E-state index is 11.5. The number of ether oxygens (including phenoxy) is 1. The number of thioether (sulfide) groups is 1. The van der Waals surface area contributed by atoms with Crippen LogP contribution in [0.3, 0.4) is 0 Å². The van der Waals surface area contributed by atoms with Gasteiger partial charge in [-0.25, -0.2) is 4.98 Å². The second kappa shape index (κ2) is 6.56. The molecule has 106 valence electrons. The highest BCUT2D eigenvalue weighted by molar-refractivity contribution is 7.98. The van der Waals surface area contributed by atoms with Crippen LogP contribution >= 0.6 is 11.8 Å². The third kappa shape index (κ3) is 3.60. The van der Waals surface area contributed by atoms with E-state index in [0.29, 0.717) is 23.1 Å². The fraction of sp³-hybridized carbons (Fsp3) is 0.357. The van der Waals surface area contributed by atoms with Gasteiger partial charge in [0.25, 0.3) is 0 Å². The Kier molecular flexibility index (Phi) is 4.79. The predicted octanol–water partition coefficient (Wildman–Crippen LogP) is 3.01. The largest absolute Gasteiger partial charge is 0.494 e. The first-order valence-electron chi connectivity index (χ1n) is 6.38. The lowest BCUT2D eigenvalue weighted by molar-refractivity contribution is 0.101. The first-order valence-corrected chi connectivity index (χ1v) is 7.37.